The fraction of sp³-hybridized carbons (Fsp3) is 0.556. The summed E-state index contributed by atoms with van der Waals surface area (Å²) in [4.78, 5) is 15.3. The van der Waals surface area contributed by atoms with Gasteiger partial charge in [0, 0.05) is 11.3 Å². The Labute approximate surface area is 87.1 Å². The summed E-state index contributed by atoms with van der Waals surface area (Å²) in [5, 5.41) is 2.41. The highest BCUT2D eigenvalue weighted by molar-refractivity contribution is 7.13. The van der Waals surface area contributed by atoms with E-state index < -0.39 is 0 Å². The summed E-state index contributed by atoms with van der Waals surface area (Å²) in [5.74, 6) is -0.117. The van der Waals surface area contributed by atoms with Crippen LogP contribution < -0.4 is 5.73 Å². The summed E-state index contributed by atoms with van der Waals surface area (Å²) in [6, 6.07) is 0. The van der Waals surface area contributed by atoms with E-state index in [9.17, 15) is 4.79 Å². The molecule has 0 spiro atoms. The molecule has 0 bridgehead atoms. The highest BCUT2D eigenvalue weighted by Crippen LogP contribution is 2.22. The van der Waals surface area contributed by atoms with Gasteiger partial charge in [-0.15, -0.1) is 11.3 Å². The van der Waals surface area contributed by atoms with Crippen molar-refractivity contribution in [1.82, 2.24) is 4.98 Å². The van der Waals surface area contributed by atoms with Gasteiger partial charge in [0.05, 0.1) is 18.7 Å². The number of hydrogen-bond donors (Lipinski definition) is 1. The molecule has 0 aliphatic carbocycles. The van der Waals surface area contributed by atoms with E-state index in [0.29, 0.717) is 18.2 Å². The number of nitrogens with zero attached hydrogens (tertiary/aromatic N) is 1. The largest absolute Gasteiger partial charge is 0.466 e. The van der Waals surface area contributed by atoms with Crippen LogP contribution in [0, 0.1) is 0 Å². The number of esters is 1. The molecule has 78 valence electrons. The lowest BCUT2D eigenvalue weighted by Crippen LogP contribution is -2.08. The number of hydrogen-bond acceptors (Lipinski definition) is 5. The predicted octanol–water partition coefficient (Wildman–Crippen LogP) is 1.78. The molecule has 1 aromatic rings. The fourth-order valence-electron chi connectivity index (χ4n) is 1.10. The van der Waals surface area contributed by atoms with E-state index in [1.165, 1.54) is 11.3 Å². The van der Waals surface area contributed by atoms with Crippen LogP contribution in [0.3, 0.4) is 0 Å². The topological polar surface area (TPSA) is 65.2 Å². The monoisotopic (exact) mass is 214 g/mol. The zero-order chi connectivity index (χ0) is 10.6. The summed E-state index contributed by atoms with van der Waals surface area (Å²) in [6.07, 6.45) is 0.358. The lowest BCUT2D eigenvalue weighted by Gasteiger charge is -2.07. The van der Waals surface area contributed by atoms with Gasteiger partial charge in [0.25, 0.3) is 0 Å². The van der Waals surface area contributed by atoms with E-state index in [2.05, 4.69) is 4.98 Å². The molecule has 5 heteroatoms. The van der Waals surface area contributed by atoms with Crippen molar-refractivity contribution in [3.8, 4) is 0 Å². The third-order valence-electron chi connectivity index (χ3n) is 1.82. The van der Waals surface area contributed by atoms with E-state index in [-0.39, 0.29) is 11.9 Å². The number of aromatic nitrogens is 1. The standard InChI is InChI=1S/C9H14N2O2S/c1-3-13-8(12)4-6(2)7-5-14-9(10)11-7/h5-6H,3-4H2,1-2H3,(H2,10,11). The van der Waals surface area contributed by atoms with Gasteiger partial charge in [-0.25, -0.2) is 4.98 Å². The molecule has 1 aromatic heterocycles. The maximum atomic E-state index is 11.2. The molecule has 0 radical (unpaired) electrons. The van der Waals surface area contributed by atoms with Crippen LogP contribution >= 0.6 is 11.3 Å². The molecule has 0 fully saturated rings. The summed E-state index contributed by atoms with van der Waals surface area (Å²) in [7, 11) is 0. The Bertz CT molecular complexity index is 312. The first-order valence-corrected chi connectivity index (χ1v) is 5.38. The van der Waals surface area contributed by atoms with Crippen molar-refractivity contribution in [3.63, 3.8) is 0 Å². The second-order valence-electron chi connectivity index (χ2n) is 3.02. The number of carbonyl (C=O) groups is 1. The fourth-order valence-corrected chi connectivity index (χ4v) is 1.79. The van der Waals surface area contributed by atoms with E-state index in [0.717, 1.165) is 5.69 Å². The minimum absolute atomic E-state index is 0.0719. The van der Waals surface area contributed by atoms with Gasteiger partial charge in [0.1, 0.15) is 0 Å². The number of anilines is 1. The Hall–Kier alpha value is -1.10. The predicted molar refractivity (Wildman–Crippen MR) is 56.2 cm³/mol. The molecule has 1 heterocycles. The SMILES string of the molecule is CCOC(=O)CC(C)c1csc(N)n1. The van der Waals surface area contributed by atoms with Gasteiger partial charge < -0.3 is 10.5 Å². The van der Waals surface area contributed by atoms with E-state index >= 15 is 0 Å². The Kier molecular flexibility index (Phi) is 3.88. The molecule has 0 amide bonds. The van der Waals surface area contributed by atoms with Gasteiger partial charge in [-0.1, -0.05) is 6.92 Å². The molecule has 0 aliphatic rings. The highest BCUT2D eigenvalue weighted by Gasteiger charge is 2.14. The van der Waals surface area contributed by atoms with Crippen LogP contribution in [0.4, 0.5) is 5.13 Å². The van der Waals surface area contributed by atoms with Crippen LogP contribution in [0.1, 0.15) is 31.9 Å². The molecule has 0 saturated heterocycles. The number of carbonyl (C=O) groups excluding carboxylic acids is 1. The van der Waals surface area contributed by atoms with Crippen molar-refractivity contribution < 1.29 is 9.53 Å². The average Bonchev–Trinajstić information content (AvgIpc) is 2.52. The van der Waals surface area contributed by atoms with E-state index in [1.54, 1.807) is 6.92 Å². The molecule has 14 heavy (non-hydrogen) atoms. The maximum absolute atomic E-state index is 11.2. The number of thiazole rings is 1. The summed E-state index contributed by atoms with van der Waals surface area (Å²) in [5.41, 5.74) is 6.36. The van der Waals surface area contributed by atoms with Crippen LogP contribution in [-0.4, -0.2) is 17.6 Å². The van der Waals surface area contributed by atoms with Crippen LogP contribution in [0.25, 0.3) is 0 Å². The lowest BCUT2D eigenvalue weighted by molar-refractivity contribution is -0.143. The minimum Gasteiger partial charge on any atom is -0.466 e. The molecular weight excluding hydrogens is 200 g/mol. The number of nitrogen functional groups attached to an aromatic ring is 1. The molecule has 0 aliphatic heterocycles. The van der Waals surface area contributed by atoms with Gasteiger partial charge in [0.2, 0.25) is 0 Å². The average molecular weight is 214 g/mol. The van der Waals surface area contributed by atoms with Crippen molar-refractivity contribution in [1.29, 1.82) is 0 Å². The zero-order valence-corrected chi connectivity index (χ0v) is 9.13. The molecular formula is C9H14N2O2S. The smallest absolute Gasteiger partial charge is 0.306 e. The summed E-state index contributed by atoms with van der Waals surface area (Å²) >= 11 is 1.39. The molecule has 1 rings (SSSR count). The van der Waals surface area contributed by atoms with E-state index in [1.807, 2.05) is 12.3 Å². The third kappa shape index (κ3) is 2.99. The molecule has 1 unspecified atom stereocenters. The number of nitrogens with two attached hydrogens (primary N) is 1. The van der Waals surface area contributed by atoms with Crippen LogP contribution in [0.15, 0.2) is 5.38 Å². The normalized spacial score (nSPS) is 12.4. The number of rotatable bonds is 4. The molecule has 0 saturated carbocycles. The van der Waals surface area contributed by atoms with Crippen LogP contribution in [0.2, 0.25) is 0 Å². The maximum Gasteiger partial charge on any atom is 0.306 e. The van der Waals surface area contributed by atoms with Gasteiger partial charge in [-0.2, -0.15) is 0 Å². The molecule has 4 nitrogen and oxygen atoms in total. The second-order valence-corrected chi connectivity index (χ2v) is 3.91. The third-order valence-corrected chi connectivity index (χ3v) is 2.51. The van der Waals surface area contributed by atoms with Crippen molar-refractivity contribution in [2.75, 3.05) is 12.3 Å². The van der Waals surface area contributed by atoms with Gasteiger partial charge in [0.15, 0.2) is 5.13 Å². The van der Waals surface area contributed by atoms with Gasteiger partial charge in [-0.3, -0.25) is 4.79 Å². The van der Waals surface area contributed by atoms with Crippen LogP contribution in [-0.2, 0) is 9.53 Å². The minimum atomic E-state index is -0.188. The van der Waals surface area contributed by atoms with Crippen molar-refractivity contribution >= 4 is 22.4 Å². The Balaban J connectivity index is 2.50. The first-order chi connectivity index (χ1) is 6.63. The highest BCUT2D eigenvalue weighted by atomic mass is 32.1. The first-order valence-electron chi connectivity index (χ1n) is 4.50. The molecule has 0 aromatic carbocycles. The Morgan fingerprint density at radius 2 is 2.50 bits per heavy atom. The quantitative estimate of drug-likeness (QED) is 0.776. The van der Waals surface area contributed by atoms with Crippen molar-refractivity contribution in [2.24, 2.45) is 0 Å². The summed E-state index contributed by atoms with van der Waals surface area (Å²) in [6.45, 7) is 4.15. The Morgan fingerprint density at radius 1 is 1.79 bits per heavy atom. The number of ether oxygens (including phenoxy) is 1. The van der Waals surface area contributed by atoms with Crippen LogP contribution in [0.5, 0.6) is 0 Å². The summed E-state index contributed by atoms with van der Waals surface area (Å²) < 4.78 is 4.85. The molecule has 1 atom stereocenters. The van der Waals surface area contributed by atoms with Gasteiger partial charge in [-0.05, 0) is 6.92 Å². The van der Waals surface area contributed by atoms with Gasteiger partial charge >= 0.3 is 5.97 Å². The second kappa shape index (κ2) is 4.95. The van der Waals surface area contributed by atoms with Crippen molar-refractivity contribution in [2.45, 2.75) is 26.2 Å². The van der Waals surface area contributed by atoms with Crippen molar-refractivity contribution in [3.05, 3.63) is 11.1 Å². The molecule has 2 N–H and O–H groups in total. The Morgan fingerprint density at radius 3 is 3.00 bits per heavy atom. The zero-order valence-electron chi connectivity index (χ0n) is 8.32. The first kappa shape index (κ1) is 11.0. The van der Waals surface area contributed by atoms with E-state index in [4.69, 9.17) is 10.5 Å². The lowest BCUT2D eigenvalue weighted by atomic mass is 10.1.